The van der Waals surface area contributed by atoms with Crippen LogP contribution in [0.4, 0.5) is 0 Å². The van der Waals surface area contributed by atoms with Crippen LogP contribution >= 0.6 is 11.8 Å². The molecule has 1 aliphatic heterocycles. The fourth-order valence-corrected chi connectivity index (χ4v) is 4.21. The van der Waals surface area contributed by atoms with Gasteiger partial charge in [0, 0.05) is 31.7 Å². The maximum atomic E-state index is 12.7. The van der Waals surface area contributed by atoms with Gasteiger partial charge in [0.15, 0.2) is 0 Å². The van der Waals surface area contributed by atoms with E-state index in [9.17, 15) is 9.59 Å². The molecule has 1 N–H and O–H groups in total. The van der Waals surface area contributed by atoms with Gasteiger partial charge in [-0.3, -0.25) is 14.5 Å². The van der Waals surface area contributed by atoms with Crippen molar-refractivity contribution in [3.63, 3.8) is 0 Å². The van der Waals surface area contributed by atoms with Gasteiger partial charge in [0.2, 0.25) is 17.0 Å². The molecule has 9 nitrogen and oxygen atoms in total. The summed E-state index contributed by atoms with van der Waals surface area (Å²) in [4.78, 5) is 28.7. The summed E-state index contributed by atoms with van der Waals surface area (Å²) < 4.78 is 1.69. The lowest BCUT2D eigenvalue weighted by molar-refractivity contribution is -0.130. The van der Waals surface area contributed by atoms with Crippen LogP contribution < -0.4 is 5.32 Å². The second kappa shape index (κ2) is 9.78. The number of carbonyl (C=O) groups excluding carboxylic acids is 2. The number of rotatable bonds is 6. The molecule has 0 unspecified atom stereocenters. The van der Waals surface area contributed by atoms with E-state index in [0.717, 1.165) is 16.8 Å². The van der Waals surface area contributed by atoms with Crippen molar-refractivity contribution in [2.24, 2.45) is 0 Å². The number of piperazine rings is 1. The quantitative estimate of drug-likeness (QED) is 0.672. The van der Waals surface area contributed by atoms with E-state index in [-0.39, 0.29) is 23.1 Å². The van der Waals surface area contributed by atoms with Gasteiger partial charge in [0.1, 0.15) is 0 Å². The van der Waals surface area contributed by atoms with Gasteiger partial charge in [-0.25, -0.2) is 0 Å². The van der Waals surface area contributed by atoms with E-state index in [1.165, 1.54) is 11.8 Å². The fraction of sp³-hybridized carbons (Fsp3) is 0.571. The number of aromatic nitrogens is 4. The monoisotopic (exact) mass is 445 g/mol. The molecule has 1 fully saturated rings. The zero-order valence-electron chi connectivity index (χ0n) is 18.9. The molecule has 10 heteroatoms. The number of benzene rings is 1. The normalized spacial score (nSPS) is 15.2. The van der Waals surface area contributed by atoms with Gasteiger partial charge in [-0.15, -0.1) is 5.10 Å². The lowest BCUT2D eigenvalue weighted by Crippen LogP contribution is -2.53. The molecule has 1 saturated heterocycles. The molecule has 0 spiro atoms. The molecule has 0 atom stereocenters. The van der Waals surface area contributed by atoms with E-state index in [0.29, 0.717) is 37.9 Å². The summed E-state index contributed by atoms with van der Waals surface area (Å²) in [5, 5.41) is 15.6. The van der Waals surface area contributed by atoms with Crippen LogP contribution in [-0.4, -0.2) is 85.8 Å². The number of nitrogens with zero attached hydrogens (tertiary/aromatic N) is 6. The Bertz CT molecular complexity index is 930. The highest BCUT2D eigenvalue weighted by atomic mass is 32.2. The number of carbonyl (C=O) groups is 2. The van der Waals surface area contributed by atoms with E-state index in [1.54, 1.807) is 4.68 Å². The number of nitrogens with one attached hydrogen (secondary N) is 1. The second-order valence-corrected chi connectivity index (χ2v) is 9.78. The van der Waals surface area contributed by atoms with Crippen LogP contribution in [0.15, 0.2) is 23.4 Å². The number of hydrogen-bond donors (Lipinski definition) is 1. The molecule has 1 aromatic heterocycles. The summed E-state index contributed by atoms with van der Waals surface area (Å²) in [5.41, 5.74) is 2.95. The molecule has 2 aromatic rings. The van der Waals surface area contributed by atoms with Gasteiger partial charge in [0.05, 0.1) is 18.0 Å². The van der Waals surface area contributed by atoms with Crippen molar-refractivity contribution in [1.82, 2.24) is 35.3 Å². The Morgan fingerprint density at radius 2 is 1.84 bits per heavy atom. The molecule has 2 heterocycles. The first-order chi connectivity index (χ1) is 14.6. The molecular weight excluding hydrogens is 414 g/mol. The number of hydrogen-bond acceptors (Lipinski definition) is 7. The van der Waals surface area contributed by atoms with E-state index in [1.807, 2.05) is 57.7 Å². The molecule has 0 saturated carbocycles. The van der Waals surface area contributed by atoms with Crippen LogP contribution in [0.3, 0.4) is 0 Å². The first kappa shape index (κ1) is 23.2. The predicted octanol–water partition coefficient (Wildman–Crippen LogP) is 1.43. The molecular formula is C21H31N7O2S. The molecule has 1 aromatic carbocycles. The van der Waals surface area contributed by atoms with Crippen molar-refractivity contribution in [3.05, 3.63) is 29.3 Å². The van der Waals surface area contributed by atoms with Crippen LogP contribution in [0.1, 0.15) is 31.9 Å². The molecule has 0 aliphatic carbocycles. The van der Waals surface area contributed by atoms with Crippen LogP contribution in [0.5, 0.6) is 0 Å². The topological polar surface area (TPSA) is 96.2 Å². The van der Waals surface area contributed by atoms with Crippen LogP contribution in [0.25, 0.3) is 5.69 Å². The highest BCUT2D eigenvalue weighted by Crippen LogP contribution is 2.22. The average molecular weight is 446 g/mol. The van der Waals surface area contributed by atoms with Crippen molar-refractivity contribution < 1.29 is 9.59 Å². The summed E-state index contributed by atoms with van der Waals surface area (Å²) in [7, 11) is 0. The van der Waals surface area contributed by atoms with Gasteiger partial charge in [0.25, 0.3) is 0 Å². The number of aryl methyl sites for hydroxylation is 1. The highest BCUT2D eigenvalue weighted by Gasteiger charge is 2.24. The van der Waals surface area contributed by atoms with Crippen molar-refractivity contribution >= 4 is 23.6 Å². The minimum absolute atomic E-state index is 0.0149. The highest BCUT2D eigenvalue weighted by molar-refractivity contribution is 7.99. The van der Waals surface area contributed by atoms with Crippen LogP contribution in [0.2, 0.25) is 0 Å². The SMILES string of the molecule is Cc1cccc(-n2nnnc2SCC(=O)N2CCN(CC(=O)NC(C)(C)C)CC2)c1C. The standard InChI is InChI=1S/C21H31N7O2S/c1-15-7-6-8-17(16(15)2)28-20(23-24-25-28)31-14-19(30)27-11-9-26(10-12-27)13-18(29)22-21(3,4)5/h6-8H,9-14H2,1-5H3,(H,22,29). The third kappa shape index (κ3) is 6.27. The summed E-state index contributed by atoms with van der Waals surface area (Å²) in [6.07, 6.45) is 0. The summed E-state index contributed by atoms with van der Waals surface area (Å²) >= 11 is 1.34. The molecule has 0 radical (unpaired) electrons. The van der Waals surface area contributed by atoms with E-state index in [4.69, 9.17) is 0 Å². The van der Waals surface area contributed by atoms with Gasteiger partial charge in [-0.2, -0.15) is 4.68 Å². The van der Waals surface area contributed by atoms with Crippen molar-refractivity contribution in [3.8, 4) is 5.69 Å². The molecule has 2 amide bonds. The minimum atomic E-state index is -0.238. The van der Waals surface area contributed by atoms with Gasteiger partial charge >= 0.3 is 0 Å². The predicted molar refractivity (Wildman–Crippen MR) is 120 cm³/mol. The molecule has 3 rings (SSSR count). The van der Waals surface area contributed by atoms with Crippen LogP contribution in [0, 0.1) is 13.8 Å². The van der Waals surface area contributed by atoms with Gasteiger partial charge in [-0.1, -0.05) is 23.9 Å². The Kier molecular flexibility index (Phi) is 7.32. The van der Waals surface area contributed by atoms with E-state index < -0.39 is 0 Å². The summed E-state index contributed by atoms with van der Waals surface area (Å²) in [6, 6.07) is 5.99. The van der Waals surface area contributed by atoms with Crippen molar-refractivity contribution in [2.45, 2.75) is 45.3 Å². The lowest BCUT2D eigenvalue weighted by Gasteiger charge is -2.34. The van der Waals surface area contributed by atoms with Crippen LogP contribution in [-0.2, 0) is 9.59 Å². The third-order valence-corrected chi connectivity index (χ3v) is 6.08. The second-order valence-electron chi connectivity index (χ2n) is 8.84. The smallest absolute Gasteiger partial charge is 0.234 e. The minimum Gasteiger partial charge on any atom is -0.350 e. The van der Waals surface area contributed by atoms with E-state index >= 15 is 0 Å². The number of tetrazole rings is 1. The largest absolute Gasteiger partial charge is 0.350 e. The van der Waals surface area contributed by atoms with Gasteiger partial charge in [-0.05, 0) is 62.2 Å². The van der Waals surface area contributed by atoms with Crippen molar-refractivity contribution in [2.75, 3.05) is 38.5 Å². The van der Waals surface area contributed by atoms with Crippen molar-refractivity contribution in [1.29, 1.82) is 0 Å². The maximum Gasteiger partial charge on any atom is 0.234 e. The molecule has 0 bridgehead atoms. The first-order valence-electron chi connectivity index (χ1n) is 10.4. The molecule has 31 heavy (non-hydrogen) atoms. The maximum absolute atomic E-state index is 12.7. The van der Waals surface area contributed by atoms with E-state index in [2.05, 4.69) is 25.7 Å². The zero-order valence-corrected chi connectivity index (χ0v) is 19.7. The summed E-state index contributed by atoms with van der Waals surface area (Å²) in [6.45, 7) is 13.0. The molecule has 168 valence electrons. The Morgan fingerprint density at radius 3 is 2.52 bits per heavy atom. The zero-order chi connectivity index (χ0) is 22.6. The first-order valence-corrected chi connectivity index (χ1v) is 11.4. The number of thioether (sulfide) groups is 1. The Balaban J connectivity index is 1.50. The summed E-state index contributed by atoms with van der Waals surface area (Å²) in [5.74, 6) is 0.343. The lowest BCUT2D eigenvalue weighted by atomic mass is 10.1. The third-order valence-electron chi connectivity index (χ3n) is 5.18. The fourth-order valence-electron chi connectivity index (χ4n) is 3.42. The molecule has 1 aliphatic rings. The number of amides is 2. The Labute approximate surface area is 187 Å². The average Bonchev–Trinajstić information content (AvgIpc) is 3.15. The van der Waals surface area contributed by atoms with Gasteiger partial charge < -0.3 is 10.2 Å². The Hall–Kier alpha value is -2.46. The Morgan fingerprint density at radius 1 is 1.13 bits per heavy atom.